The third kappa shape index (κ3) is 3.82. The van der Waals surface area contributed by atoms with E-state index in [9.17, 15) is 0 Å². The van der Waals surface area contributed by atoms with Crippen LogP contribution in [0.25, 0.3) is 0 Å². The highest BCUT2D eigenvalue weighted by Crippen LogP contribution is 2.24. The Morgan fingerprint density at radius 2 is 1.89 bits per heavy atom. The second-order valence-electron chi connectivity index (χ2n) is 4.52. The summed E-state index contributed by atoms with van der Waals surface area (Å²) in [5, 5.41) is 12.7. The summed E-state index contributed by atoms with van der Waals surface area (Å²) >= 11 is 3.45. The van der Waals surface area contributed by atoms with E-state index in [4.69, 9.17) is 5.11 Å². The maximum atomic E-state index is 9.17. The van der Waals surface area contributed by atoms with E-state index < -0.39 is 0 Å². The number of benzene rings is 2. The Hall–Kier alpha value is -1.32. The van der Waals surface area contributed by atoms with E-state index >= 15 is 0 Å². The monoisotopic (exact) mass is 319 g/mol. The molecule has 0 spiro atoms. The van der Waals surface area contributed by atoms with Crippen molar-refractivity contribution in [2.45, 2.75) is 26.0 Å². The van der Waals surface area contributed by atoms with Gasteiger partial charge in [0.2, 0.25) is 0 Å². The standard InChI is InChI=1S/C16H18BrNO/c1-2-16(13-6-8-14(17)9-7-13)18-15-5-3-4-12(10-15)11-19/h3-10,16,18-19H,2,11H2,1H3. The SMILES string of the molecule is CCC(Nc1cccc(CO)c1)c1ccc(Br)cc1. The van der Waals surface area contributed by atoms with E-state index in [2.05, 4.69) is 52.4 Å². The minimum absolute atomic E-state index is 0.0740. The van der Waals surface area contributed by atoms with Gasteiger partial charge in [-0.15, -0.1) is 0 Å². The van der Waals surface area contributed by atoms with E-state index in [0.717, 1.165) is 22.1 Å². The van der Waals surface area contributed by atoms with Crippen molar-refractivity contribution >= 4 is 21.6 Å². The number of hydrogen-bond acceptors (Lipinski definition) is 2. The van der Waals surface area contributed by atoms with Gasteiger partial charge in [0.25, 0.3) is 0 Å². The van der Waals surface area contributed by atoms with Crippen molar-refractivity contribution in [3.63, 3.8) is 0 Å². The van der Waals surface area contributed by atoms with Crippen LogP contribution in [-0.4, -0.2) is 5.11 Å². The predicted octanol–water partition coefficient (Wildman–Crippen LogP) is 4.50. The summed E-state index contributed by atoms with van der Waals surface area (Å²) in [6.45, 7) is 2.24. The van der Waals surface area contributed by atoms with Crippen LogP contribution >= 0.6 is 15.9 Å². The summed E-state index contributed by atoms with van der Waals surface area (Å²) in [6.07, 6.45) is 1.00. The van der Waals surface area contributed by atoms with Crippen molar-refractivity contribution in [1.82, 2.24) is 0 Å². The molecule has 2 nitrogen and oxygen atoms in total. The highest BCUT2D eigenvalue weighted by molar-refractivity contribution is 9.10. The maximum absolute atomic E-state index is 9.17. The third-order valence-corrected chi connectivity index (χ3v) is 3.66. The summed E-state index contributed by atoms with van der Waals surface area (Å²) in [5.74, 6) is 0. The molecule has 0 saturated heterocycles. The van der Waals surface area contributed by atoms with Gasteiger partial charge in [0.05, 0.1) is 12.6 Å². The van der Waals surface area contributed by atoms with Gasteiger partial charge < -0.3 is 10.4 Å². The van der Waals surface area contributed by atoms with Crippen LogP contribution in [0.2, 0.25) is 0 Å². The zero-order chi connectivity index (χ0) is 13.7. The normalized spacial score (nSPS) is 12.2. The molecule has 2 aromatic carbocycles. The summed E-state index contributed by atoms with van der Waals surface area (Å²) < 4.78 is 1.09. The van der Waals surface area contributed by atoms with Gasteiger partial charge >= 0.3 is 0 Å². The van der Waals surface area contributed by atoms with Gasteiger partial charge in [-0.3, -0.25) is 0 Å². The Morgan fingerprint density at radius 1 is 1.16 bits per heavy atom. The molecule has 0 aliphatic carbocycles. The molecular weight excluding hydrogens is 302 g/mol. The van der Waals surface area contributed by atoms with Crippen LogP contribution in [0.15, 0.2) is 53.0 Å². The molecular formula is C16H18BrNO. The fourth-order valence-corrected chi connectivity index (χ4v) is 2.34. The molecule has 0 fully saturated rings. The Morgan fingerprint density at radius 3 is 2.53 bits per heavy atom. The fraction of sp³-hybridized carbons (Fsp3) is 0.250. The van der Waals surface area contributed by atoms with Gasteiger partial charge in [-0.05, 0) is 41.8 Å². The lowest BCUT2D eigenvalue weighted by molar-refractivity contribution is 0.282. The molecule has 0 aliphatic rings. The first-order chi connectivity index (χ1) is 9.22. The van der Waals surface area contributed by atoms with Crippen LogP contribution in [-0.2, 0) is 6.61 Å². The van der Waals surface area contributed by atoms with E-state index in [1.807, 2.05) is 24.3 Å². The van der Waals surface area contributed by atoms with Crippen molar-refractivity contribution in [2.24, 2.45) is 0 Å². The molecule has 0 amide bonds. The Kier molecular flexibility index (Phi) is 5.00. The van der Waals surface area contributed by atoms with Crippen LogP contribution < -0.4 is 5.32 Å². The predicted molar refractivity (Wildman–Crippen MR) is 83.2 cm³/mol. The van der Waals surface area contributed by atoms with Crippen LogP contribution in [0.5, 0.6) is 0 Å². The fourth-order valence-electron chi connectivity index (χ4n) is 2.08. The molecule has 0 heterocycles. The van der Waals surface area contributed by atoms with Crippen molar-refractivity contribution in [2.75, 3.05) is 5.32 Å². The van der Waals surface area contributed by atoms with Gasteiger partial charge in [-0.1, -0.05) is 47.1 Å². The minimum Gasteiger partial charge on any atom is -0.392 e. The van der Waals surface area contributed by atoms with Crippen LogP contribution in [0.3, 0.4) is 0 Å². The average Bonchev–Trinajstić information content (AvgIpc) is 2.46. The molecule has 2 rings (SSSR count). The van der Waals surface area contributed by atoms with Gasteiger partial charge in [0, 0.05) is 10.2 Å². The van der Waals surface area contributed by atoms with Gasteiger partial charge in [-0.2, -0.15) is 0 Å². The largest absolute Gasteiger partial charge is 0.392 e. The second kappa shape index (κ2) is 6.73. The molecule has 19 heavy (non-hydrogen) atoms. The molecule has 0 radical (unpaired) electrons. The Labute approximate surface area is 122 Å². The number of hydrogen-bond donors (Lipinski definition) is 2. The summed E-state index contributed by atoms with van der Waals surface area (Å²) in [7, 11) is 0. The number of aliphatic hydroxyl groups excluding tert-OH is 1. The molecule has 100 valence electrons. The van der Waals surface area contributed by atoms with E-state index in [-0.39, 0.29) is 12.6 Å². The molecule has 0 aromatic heterocycles. The Balaban J connectivity index is 2.16. The maximum Gasteiger partial charge on any atom is 0.0682 e. The van der Waals surface area contributed by atoms with E-state index in [1.54, 1.807) is 0 Å². The molecule has 0 aliphatic heterocycles. The highest BCUT2D eigenvalue weighted by Gasteiger charge is 2.09. The van der Waals surface area contributed by atoms with Crippen LogP contribution in [0, 0.1) is 0 Å². The molecule has 2 aromatic rings. The van der Waals surface area contributed by atoms with Crippen molar-refractivity contribution in [3.8, 4) is 0 Å². The summed E-state index contributed by atoms with van der Waals surface area (Å²) in [5.41, 5.74) is 3.23. The van der Waals surface area contributed by atoms with Gasteiger partial charge in [0.1, 0.15) is 0 Å². The second-order valence-corrected chi connectivity index (χ2v) is 5.43. The first-order valence-corrected chi connectivity index (χ1v) is 7.24. The van der Waals surface area contributed by atoms with Crippen LogP contribution in [0.4, 0.5) is 5.69 Å². The van der Waals surface area contributed by atoms with E-state index in [1.165, 1.54) is 5.56 Å². The first-order valence-electron chi connectivity index (χ1n) is 6.44. The lowest BCUT2D eigenvalue weighted by Crippen LogP contribution is -2.09. The number of aliphatic hydroxyl groups is 1. The molecule has 0 bridgehead atoms. The topological polar surface area (TPSA) is 32.3 Å². The number of rotatable bonds is 5. The zero-order valence-electron chi connectivity index (χ0n) is 10.9. The summed E-state index contributed by atoms with van der Waals surface area (Å²) in [6, 6.07) is 16.5. The number of halogens is 1. The first kappa shape index (κ1) is 14.1. The third-order valence-electron chi connectivity index (χ3n) is 3.13. The quantitative estimate of drug-likeness (QED) is 0.850. The number of nitrogens with one attached hydrogen (secondary N) is 1. The molecule has 2 N–H and O–H groups in total. The van der Waals surface area contributed by atoms with Crippen LogP contribution in [0.1, 0.15) is 30.5 Å². The Bertz CT molecular complexity index is 525. The number of anilines is 1. The van der Waals surface area contributed by atoms with Crippen molar-refractivity contribution in [3.05, 3.63) is 64.1 Å². The molecule has 3 heteroatoms. The minimum atomic E-state index is 0.0740. The summed E-state index contributed by atoms with van der Waals surface area (Å²) in [4.78, 5) is 0. The molecule has 0 saturated carbocycles. The molecule has 1 unspecified atom stereocenters. The lowest BCUT2D eigenvalue weighted by Gasteiger charge is -2.19. The molecule has 1 atom stereocenters. The van der Waals surface area contributed by atoms with E-state index in [0.29, 0.717) is 0 Å². The smallest absolute Gasteiger partial charge is 0.0682 e. The van der Waals surface area contributed by atoms with Gasteiger partial charge in [-0.25, -0.2) is 0 Å². The lowest BCUT2D eigenvalue weighted by atomic mass is 10.0. The zero-order valence-corrected chi connectivity index (χ0v) is 12.5. The average molecular weight is 320 g/mol. The van der Waals surface area contributed by atoms with Crippen molar-refractivity contribution < 1.29 is 5.11 Å². The van der Waals surface area contributed by atoms with Crippen molar-refractivity contribution in [1.29, 1.82) is 0 Å². The van der Waals surface area contributed by atoms with Gasteiger partial charge in [0.15, 0.2) is 0 Å². The highest BCUT2D eigenvalue weighted by atomic mass is 79.9.